The number of rotatable bonds is 7. The van der Waals surface area contributed by atoms with Crippen LogP contribution >= 0.6 is 0 Å². The summed E-state index contributed by atoms with van der Waals surface area (Å²) < 4.78 is 1.87. The molecular weight excluding hydrogens is 314 g/mol. The molecular formula is C20H26N3O2+. The molecule has 0 radical (unpaired) electrons. The molecule has 0 saturated heterocycles. The number of carbonyl (C=O) groups excluding carboxylic acids is 2. The smallest absolute Gasteiger partial charge is 0.290 e. The molecule has 1 aromatic carbocycles. The molecule has 0 aliphatic heterocycles. The predicted molar refractivity (Wildman–Crippen MR) is 99.3 cm³/mol. The SMILES string of the molecule is CCC(CC)c1cc[n+](CC(=O)Nc2ccc(NC(C)=O)cc2)cc1. The standard InChI is InChI=1S/C20H25N3O2/c1-4-16(5-2)17-10-12-23(13-11-17)14-20(25)22-19-8-6-18(7-9-19)21-15(3)24/h6-13,16H,4-5,14H2,1-3H3,(H-,21,22,24,25)/p+1. The van der Waals surface area contributed by atoms with E-state index in [-0.39, 0.29) is 18.4 Å². The van der Waals surface area contributed by atoms with Gasteiger partial charge in [-0.1, -0.05) is 13.8 Å². The Hall–Kier alpha value is -2.69. The van der Waals surface area contributed by atoms with E-state index in [0.29, 0.717) is 17.3 Å². The highest BCUT2D eigenvalue weighted by Crippen LogP contribution is 2.21. The zero-order valence-electron chi connectivity index (χ0n) is 15.1. The van der Waals surface area contributed by atoms with E-state index in [1.54, 1.807) is 24.3 Å². The molecule has 0 atom stereocenters. The molecule has 2 rings (SSSR count). The maximum absolute atomic E-state index is 12.2. The molecule has 2 amide bonds. The van der Waals surface area contributed by atoms with E-state index in [9.17, 15) is 9.59 Å². The first kappa shape index (κ1) is 18.6. The fraction of sp³-hybridized carbons (Fsp3) is 0.350. The van der Waals surface area contributed by atoms with Gasteiger partial charge in [-0.15, -0.1) is 0 Å². The minimum absolute atomic E-state index is 0.0902. The summed E-state index contributed by atoms with van der Waals surface area (Å²) in [6, 6.07) is 11.2. The number of pyridine rings is 1. The lowest BCUT2D eigenvalue weighted by Gasteiger charge is -2.11. The van der Waals surface area contributed by atoms with Crippen LogP contribution in [-0.4, -0.2) is 11.8 Å². The second-order valence-electron chi connectivity index (χ2n) is 6.12. The summed E-state index contributed by atoms with van der Waals surface area (Å²) in [5.41, 5.74) is 2.72. The Morgan fingerprint density at radius 3 is 1.92 bits per heavy atom. The highest BCUT2D eigenvalue weighted by molar-refractivity contribution is 5.91. The van der Waals surface area contributed by atoms with Crippen LogP contribution in [0.1, 0.15) is 45.1 Å². The quantitative estimate of drug-likeness (QED) is 0.758. The third-order valence-corrected chi connectivity index (χ3v) is 4.19. The monoisotopic (exact) mass is 340 g/mol. The van der Waals surface area contributed by atoms with Gasteiger partial charge in [-0.25, -0.2) is 0 Å². The van der Waals surface area contributed by atoms with Crippen molar-refractivity contribution >= 4 is 23.2 Å². The third-order valence-electron chi connectivity index (χ3n) is 4.19. The van der Waals surface area contributed by atoms with Gasteiger partial charge in [0.2, 0.25) is 12.5 Å². The second kappa shape index (κ2) is 8.97. The van der Waals surface area contributed by atoms with Gasteiger partial charge in [0.1, 0.15) is 0 Å². The van der Waals surface area contributed by atoms with Crippen LogP contribution in [0, 0.1) is 0 Å². The Morgan fingerprint density at radius 1 is 0.920 bits per heavy atom. The molecule has 1 aromatic heterocycles. The number of aromatic nitrogens is 1. The summed E-state index contributed by atoms with van der Waals surface area (Å²) in [6.45, 7) is 6.11. The predicted octanol–water partition coefficient (Wildman–Crippen LogP) is 3.47. The Kier molecular flexibility index (Phi) is 6.69. The molecule has 5 heteroatoms. The number of nitrogens with zero attached hydrogens (tertiary/aromatic N) is 1. The summed E-state index contributed by atoms with van der Waals surface area (Å²) >= 11 is 0. The first-order valence-corrected chi connectivity index (χ1v) is 8.68. The maximum Gasteiger partial charge on any atom is 0.290 e. The lowest BCUT2D eigenvalue weighted by Crippen LogP contribution is -2.39. The van der Waals surface area contributed by atoms with Gasteiger partial charge in [0.05, 0.1) is 0 Å². The van der Waals surface area contributed by atoms with Crippen molar-refractivity contribution in [2.24, 2.45) is 0 Å². The fourth-order valence-corrected chi connectivity index (χ4v) is 2.81. The van der Waals surface area contributed by atoms with Gasteiger partial charge in [0.15, 0.2) is 12.4 Å². The number of carbonyl (C=O) groups is 2. The van der Waals surface area contributed by atoms with Crippen molar-refractivity contribution < 1.29 is 14.2 Å². The van der Waals surface area contributed by atoms with E-state index in [1.165, 1.54) is 12.5 Å². The molecule has 25 heavy (non-hydrogen) atoms. The second-order valence-corrected chi connectivity index (χ2v) is 6.12. The zero-order valence-corrected chi connectivity index (χ0v) is 15.1. The zero-order chi connectivity index (χ0) is 18.2. The molecule has 0 saturated carbocycles. The summed E-state index contributed by atoms with van der Waals surface area (Å²) in [5.74, 6) is 0.364. The molecule has 132 valence electrons. The lowest BCUT2D eigenvalue weighted by molar-refractivity contribution is -0.684. The molecule has 2 aromatic rings. The van der Waals surface area contributed by atoms with Gasteiger partial charge < -0.3 is 10.6 Å². The Bertz CT molecular complexity index is 705. The van der Waals surface area contributed by atoms with Crippen LogP contribution in [0.25, 0.3) is 0 Å². The van der Waals surface area contributed by atoms with Gasteiger partial charge >= 0.3 is 0 Å². The van der Waals surface area contributed by atoms with Crippen LogP contribution in [0.15, 0.2) is 48.8 Å². The minimum atomic E-state index is -0.120. The number of benzene rings is 1. The molecule has 0 aliphatic carbocycles. The van der Waals surface area contributed by atoms with Crippen molar-refractivity contribution in [1.82, 2.24) is 0 Å². The minimum Gasteiger partial charge on any atom is -0.326 e. The van der Waals surface area contributed by atoms with Crippen LogP contribution in [-0.2, 0) is 16.1 Å². The summed E-state index contributed by atoms with van der Waals surface area (Å²) in [6.07, 6.45) is 6.14. The Balaban J connectivity index is 1.92. The summed E-state index contributed by atoms with van der Waals surface area (Å²) in [7, 11) is 0. The topological polar surface area (TPSA) is 62.1 Å². The van der Waals surface area contributed by atoms with Crippen LogP contribution in [0.4, 0.5) is 11.4 Å². The summed E-state index contributed by atoms with van der Waals surface area (Å²) in [5, 5.41) is 5.55. The van der Waals surface area contributed by atoms with Crippen LogP contribution < -0.4 is 15.2 Å². The van der Waals surface area contributed by atoms with E-state index in [2.05, 4.69) is 36.6 Å². The van der Waals surface area contributed by atoms with Gasteiger partial charge in [-0.3, -0.25) is 9.59 Å². The van der Waals surface area contributed by atoms with Crippen molar-refractivity contribution in [2.75, 3.05) is 10.6 Å². The van der Waals surface area contributed by atoms with Crippen molar-refractivity contribution in [3.63, 3.8) is 0 Å². The fourth-order valence-electron chi connectivity index (χ4n) is 2.81. The Labute approximate surface area is 149 Å². The number of nitrogens with one attached hydrogen (secondary N) is 2. The van der Waals surface area contributed by atoms with Crippen molar-refractivity contribution in [3.8, 4) is 0 Å². The molecule has 0 aliphatic rings. The van der Waals surface area contributed by atoms with E-state index < -0.39 is 0 Å². The van der Waals surface area contributed by atoms with Gasteiger partial charge in [0.25, 0.3) is 5.91 Å². The Morgan fingerprint density at radius 2 is 1.44 bits per heavy atom. The number of hydrogen-bond donors (Lipinski definition) is 2. The third kappa shape index (κ3) is 5.71. The molecule has 2 N–H and O–H groups in total. The van der Waals surface area contributed by atoms with Gasteiger partial charge in [-0.05, 0) is 48.6 Å². The summed E-state index contributed by atoms with van der Waals surface area (Å²) in [4.78, 5) is 23.2. The van der Waals surface area contributed by atoms with Crippen LogP contribution in [0.5, 0.6) is 0 Å². The number of hydrogen-bond acceptors (Lipinski definition) is 2. The molecule has 0 bridgehead atoms. The van der Waals surface area contributed by atoms with Crippen LogP contribution in [0.3, 0.4) is 0 Å². The molecule has 0 fully saturated rings. The first-order valence-electron chi connectivity index (χ1n) is 8.68. The molecule has 0 unspecified atom stereocenters. The highest BCUT2D eigenvalue weighted by Gasteiger charge is 2.12. The van der Waals surface area contributed by atoms with Crippen molar-refractivity contribution in [1.29, 1.82) is 0 Å². The van der Waals surface area contributed by atoms with E-state index in [1.807, 2.05) is 17.0 Å². The van der Waals surface area contributed by atoms with E-state index in [4.69, 9.17) is 0 Å². The van der Waals surface area contributed by atoms with Crippen LogP contribution in [0.2, 0.25) is 0 Å². The maximum atomic E-state index is 12.2. The van der Waals surface area contributed by atoms with Crippen molar-refractivity contribution in [3.05, 3.63) is 54.4 Å². The van der Waals surface area contributed by atoms with E-state index in [0.717, 1.165) is 12.8 Å². The van der Waals surface area contributed by atoms with Gasteiger partial charge in [0, 0.05) is 30.4 Å². The van der Waals surface area contributed by atoms with E-state index >= 15 is 0 Å². The lowest BCUT2D eigenvalue weighted by atomic mass is 9.95. The van der Waals surface area contributed by atoms with Crippen molar-refractivity contribution in [2.45, 2.75) is 46.1 Å². The number of anilines is 2. The molecule has 0 spiro atoms. The van der Waals surface area contributed by atoms with Gasteiger partial charge in [-0.2, -0.15) is 4.57 Å². The largest absolute Gasteiger partial charge is 0.326 e. The normalized spacial score (nSPS) is 10.6. The highest BCUT2D eigenvalue weighted by atomic mass is 16.2. The number of amides is 2. The molecule has 1 heterocycles. The molecule has 5 nitrogen and oxygen atoms in total. The average molecular weight is 340 g/mol. The average Bonchev–Trinajstić information content (AvgIpc) is 2.59. The first-order chi connectivity index (χ1) is 12.0.